The Balaban J connectivity index is 1.94. The quantitative estimate of drug-likeness (QED) is 0.646. The van der Waals surface area contributed by atoms with Gasteiger partial charge in [-0.1, -0.05) is 19.1 Å². The number of aromatic nitrogens is 2. The molecule has 0 unspecified atom stereocenters. The third-order valence-electron chi connectivity index (χ3n) is 3.59. The number of aromatic amines is 2. The van der Waals surface area contributed by atoms with E-state index in [0.29, 0.717) is 16.5 Å². The first-order chi connectivity index (χ1) is 11.1. The summed E-state index contributed by atoms with van der Waals surface area (Å²) < 4.78 is 0.232. The minimum absolute atomic E-state index is 0.232. The lowest BCUT2D eigenvalue weighted by molar-refractivity contribution is 0.102. The van der Waals surface area contributed by atoms with Crippen molar-refractivity contribution in [1.29, 1.82) is 0 Å². The molecule has 1 aromatic heterocycles. The van der Waals surface area contributed by atoms with Crippen LogP contribution < -0.4 is 10.9 Å². The van der Waals surface area contributed by atoms with Gasteiger partial charge in [-0.2, -0.15) is 0 Å². The molecule has 2 aromatic carbocycles. The van der Waals surface area contributed by atoms with Crippen LogP contribution >= 0.6 is 12.2 Å². The average Bonchev–Trinajstić information content (AvgIpc) is 2.54. The van der Waals surface area contributed by atoms with Crippen molar-refractivity contribution in [2.24, 2.45) is 0 Å². The normalized spacial score (nSPS) is 10.7. The molecule has 116 valence electrons. The molecule has 3 rings (SSSR count). The second kappa shape index (κ2) is 6.18. The summed E-state index contributed by atoms with van der Waals surface area (Å²) in [6, 6.07) is 12.6. The van der Waals surface area contributed by atoms with Crippen LogP contribution in [0.1, 0.15) is 22.8 Å². The fraction of sp³-hybridized carbons (Fsp3) is 0.118. The molecule has 0 aliphatic carbocycles. The first-order valence-electron chi connectivity index (χ1n) is 7.23. The van der Waals surface area contributed by atoms with E-state index in [0.717, 1.165) is 17.7 Å². The minimum Gasteiger partial charge on any atom is -0.332 e. The highest BCUT2D eigenvalue weighted by molar-refractivity contribution is 7.71. The zero-order valence-corrected chi connectivity index (χ0v) is 13.3. The Labute approximate surface area is 137 Å². The van der Waals surface area contributed by atoms with Crippen LogP contribution in [-0.4, -0.2) is 15.9 Å². The van der Waals surface area contributed by atoms with Crippen LogP contribution in [0.2, 0.25) is 0 Å². The third-order valence-corrected chi connectivity index (χ3v) is 3.80. The fourth-order valence-electron chi connectivity index (χ4n) is 2.38. The zero-order valence-electron chi connectivity index (χ0n) is 12.5. The van der Waals surface area contributed by atoms with Crippen molar-refractivity contribution in [1.82, 2.24) is 9.97 Å². The maximum absolute atomic E-state index is 12.4. The molecule has 0 bridgehead atoms. The number of hydrogen-bond donors (Lipinski definition) is 3. The van der Waals surface area contributed by atoms with Crippen LogP contribution in [0.15, 0.2) is 47.3 Å². The Morgan fingerprint density at radius 3 is 2.78 bits per heavy atom. The molecular weight excluding hydrogens is 310 g/mol. The van der Waals surface area contributed by atoms with E-state index in [9.17, 15) is 9.59 Å². The fourth-order valence-corrected chi connectivity index (χ4v) is 2.59. The number of benzene rings is 2. The molecule has 0 aliphatic heterocycles. The van der Waals surface area contributed by atoms with E-state index >= 15 is 0 Å². The number of aryl methyl sites for hydroxylation is 1. The number of nitrogens with one attached hydrogen (secondary N) is 3. The molecule has 0 saturated carbocycles. The molecule has 6 heteroatoms. The predicted molar refractivity (Wildman–Crippen MR) is 93.5 cm³/mol. The van der Waals surface area contributed by atoms with Crippen LogP contribution in [0.5, 0.6) is 0 Å². The number of fused-ring (bicyclic) bond motifs is 1. The van der Waals surface area contributed by atoms with Gasteiger partial charge in [0, 0.05) is 11.3 Å². The standard InChI is InChI=1S/C17H15N3O2S/c1-2-10-4-3-5-12(8-10)18-15(21)11-6-7-13-14(9-11)19-17(23)20-16(13)22/h3-9H,2H2,1H3,(H,18,21)(H2,19,20,22,23). The van der Waals surface area contributed by atoms with E-state index in [4.69, 9.17) is 12.2 Å². The molecule has 3 N–H and O–H groups in total. The predicted octanol–water partition coefficient (Wildman–Crippen LogP) is 3.40. The lowest BCUT2D eigenvalue weighted by Gasteiger charge is -2.07. The first-order valence-corrected chi connectivity index (χ1v) is 7.64. The lowest BCUT2D eigenvalue weighted by atomic mass is 10.1. The first kappa shape index (κ1) is 15.2. The second-order valence-corrected chi connectivity index (χ2v) is 5.58. The second-order valence-electron chi connectivity index (χ2n) is 5.18. The SMILES string of the molecule is CCc1cccc(NC(=O)c2ccc3c(=O)[nH]c(=S)[nH]c3c2)c1. The van der Waals surface area contributed by atoms with Gasteiger partial charge in [-0.25, -0.2) is 0 Å². The molecule has 3 aromatic rings. The van der Waals surface area contributed by atoms with Crippen molar-refractivity contribution in [2.45, 2.75) is 13.3 Å². The van der Waals surface area contributed by atoms with Crippen molar-refractivity contribution >= 4 is 34.7 Å². The Bertz CT molecular complexity index is 1000. The molecule has 1 heterocycles. The van der Waals surface area contributed by atoms with Crippen LogP contribution in [0, 0.1) is 4.77 Å². The molecule has 0 fully saturated rings. The highest BCUT2D eigenvalue weighted by Gasteiger charge is 2.09. The summed E-state index contributed by atoms with van der Waals surface area (Å²) in [4.78, 5) is 29.6. The van der Waals surface area contributed by atoms with E-state index in [-0.39, 0.29) is 16.2 Å². The molecule has 0 saturated heterocycles. The van der Waals surface area contributed by atoms with E-state index < -0.39 is 0 Å². The third kappa shape index (κ3) is 3.22. The molecule has 0 radical (unpaired) electrons. The number of carbonyl (C=O) groups is 1. The molecule has 0 atom stereocenters. The summed E-state index contributed by atoms with van der Waals surface area (Å²) in [7, 11) is 0. The van der Waals surface area contributed by atoms with Gasteiger partial charge in [0.1, 0.15) is 0 Å². The number of amides is 1. The van der Waals surface area contributed by atoms with Crippen molar-refractivity contribution in [2.75, 3.05) is 5.32 Å². The summed E-state index contributed by atoms with van der Waals surface area (Å²) in [6.07, 6.45) is 0.902. The molecule has 5 nitrogen and oxygen atoms in total. The van der Waals surface area contributed by atoms with Gasteiger partial charge in [0.25, 0.3) is 11.5 Å². The average molecular weight is 325 g/mol. The van der Waals surface area contributed by atoms with Gasteiger partial charge in [0.15, 0.2) is 4.77 Å². The summed E-state index contributed by atoms with van der Waals surface area (Å²) in [5.41, 5.74) is 2.61. The summed E-state index contributed by atoms with van der Waals surface area (Å²) in [5, 5.41) is 3.32. The molecule has 0 spiro atoms. The van der Waals surface area contributed by atoms with Crippen molar-refractivity contribution in [3.05, 3.63) is 68.7 Å². The highest BCUT2D eigenvalue weighted by atomic mass is 32.1. The molecular formula is C17H15N3O2S. The highest BCUT2D eigenvalue weighted by Crippen LogP contribution is 2.15. The number of rotatable bonds is 3. The topological polar surface area (TPSA) is 77.8 Å². The van der Waals surface area contributed by atoms with Gasteiger partial charge >= 0.3 is 0 Å². The van der Waals surface area contributed by atoms with Gasteiger partial charge in [-0.05, 0) is 54.5 Å². The van der Waals surface area contributed by atoms with E-state index in [2.05, 4.69) is 22.2 Å². The van der Waals surface area contributed by atoms with Gasteiger partial charge in [-0.3, -0.25) is 14.6 Å². The Morgan fingerprint density at radius 1 is 1.17 bits per heavy atom. The molecule has 1 amide bonds. The number of anilines is 1. The number of hydrogen-bond acceptors (Lipinski definition) is 3. The Kier molecular flexibility index (Phi) is 4.08. The Hall–Kier alpha value is -2.73. The molecule has 23 heavy (non-hydrogen) atoms. The van der Waals surface area contributed by atoms with Crippen molar-refractivity contribution < 1.29 is 4.79 Å². The van der Waals surface area contributed by atoms with Gasteiger partial charge in [0.05, 0.1) is 10.9 Å². The number of H-pyrrole nitrogens is 2. The zero-order chi connectivity index (χ0) is 16.4. The maximum Gasteiger partial charge on any atom is 0.259 e. The van der Waals surface area contributed by atoms with Crippen molar-refractivity contribution in [3.63, 3.8) is 0 Å². The van der Waals surface area contributed by atoms with E-state index in [1.54, 1.807) is 18.2 Å². The van der Waals surface area contributed by atoms with Gasteiger partial charge in [0.2, 0.25) is 0 Å². The van der Waals surface area contributed by atoms with Crippen LogP contribution in [0.3, 0.4) is 0 Å². The van der Waals surface area contributed by atoms with Crippen LogP contribution in [0.4, 0.5) is 5.69 Å². The van der Waals surface area contributed by atoms with Crippen LogP contribution in [0.25, 0.3) is 10.9 Å². The summed E-state index contributed by atoms with van der Waals surface area (Å²) in [6.45, 7) is 2.06. The largest absolute Gasteiger partial charge is 0.332 e. The van der Waals surface area contributed by atoms with Gasteiger partial charge < -0.3 is 10.3 Å². The van der Waals surface area contributed by atoms with Crippen LogP contribution in [-0.2, 0) is 6.42 Å². The summed E-state index contributed by atoms with van der Waals surface area (Å²) in [5.74, 6) is -0.236. The van der Waals surface area contributed by atoms with Gasteiger partial charge in [-0.15, -0.1) is 0 Å². The summed E-state index contributed by atoms with van der Waals surface area (Å²) >= 11 is 4.96. The maximum atomic E-state index is 12.4. The smallest absolute Gasteiger partial charge is 0.259 e. The lowest BCUT2D eigenvalue weighted by Crippen LogP contribution is -2.13. The minimum atomic E-state index is -0.272. The Morgan fingerprint density at radius 2 is 2.00 bits per heavy atom. The molecule has 0 aliphatic rings. The van der Waals surface area contributed by atoms with E-state index in [1.165, 1.54) is 0 Å². The van der Waals surface area contributed by atoms with E-state index in [1.807, 2.05) is 24.3 Å². The monoisotopic (exact) mass is 325 g/mol. The number of carbonyl (C=O) groups excluding carboxylic acids is 1. The van der Waals surface area contributed by atoms with Crippen molar-refractivity contribution in [3.8, 4) is 0 Å².